The Labute approximate surface area is 144 Å². The average molecular weight is 363 g/mol. The second-order valence-electron chi connectivity index (χ2n) is 5.28. The molecule has 0 aliphatic rings. The van der Waals surface area contributed by atoms with Crippen molar-refractivity contribution in [2.24, 2.45) is 0 Å². The molecule has 0 atom stereocenters. The van der Waals surface area contributed by atoms with Crippen LogP contribution in [0.3, 0.4) is 0 Å². The van der Waals surface area contributed by atoms with Gasteiger partial charge in [0.05, 0.1) is 17.4 Å². The molecule has 0 bridgehead atoms. The van der Waals surface area contributed by atoms with Crippen molar-refractivity contribution in [3.8, 4) is 5.75 Å². The summed E-state index contributed by atoms with van der Waals surface area (Å²) in [5.41, 5.74) is 0.0244. The maximum atomic E-state index is 12.4. The first-order chi connectivity index (χ1) is 12.3. The first-order valence-corrected chi connectivity index (χ1v) is 7.43. The van der Waals surface area contributed by atoms with E-state index >= 15 is 0 Å². The van der Waals surface area contributed by atoms with Crippen molar-refractivity contribution >= 4 is 22.5 Å². The molecule has 0 saturated carbocycles. The van der Waals surface area contributed by atoms with Crippen LogP contribution in [0.25, 0.3) is 10.9 Å². The number of hydrogen-bond donors (Lipinski definition) is 1. The molecule has 6 nitrogen and oxygen atoms in total. The molecule has 1 amide bonds. The van der Waals surface area contributed by atoms with Gasteiger partial charge in [0.1, 0.15) is 6.54 Å². The highest BCUT2D eigenvalue weighted by atomic mass is 19.4. The summed E-state index contributed by atoms with van der Waals surface area (Å²) in [6.07, 6.45) is -3.80. The molecule has 134 valence electrons. The molecular formula is C17H12F3N3O3. The fourth-order valence-electron chi connectivity index (χ4n) is 2.40. The van der Waals surface area contributed by atoms with Crippen LogP contribution in [0, 0.1) is 0 Å². The number of hydrogen-bond acceptors (Lipinski definition) is 4. The molecule has 0 aliphatic carbocycles. The lowest BCUT2D eigenvalue weighted by Gasteiger charge is -2.14. The number of benzene rings is 2. The Bertz CT molecular complexity index is 1020. The van der Waals surface area contributed by atoms with Crippen LogP contribution in [0.5, 0.6) is 5.75 Å². The number of para-hydroxylation sites is 3. The van der Waals surface area contributed by atoms with E-state index in [1.807, 2.05) is 0 Å². The van der Waals surface area contributed by atoms with Crippen LogP contribution in [0.4, 0.5) is 18.9 Å². The number of amides is 1. The number of aromatic nitrogens is 2. The highest BCUT2D eigenvalue weighted by molar-refractivity contribution is 5.93. The Hall–Kier alpha value is -3.36. The standard InChI is InChI=1S/C17H12F3N3O3/c18-17(19,20)26-15-8-4-2-6-12(15)22-16(25)10-23-13-7-3-1-5-11(13)14(24)9-21-23/h1-9H,10H2,(H,22,25). The predicted molar refractivity (Wildman–Crippen MR) is 87.8 cm³/mol. The van der Waals surface area contributed by atoms with Crippen molar-refractivity contribution in [3.63, 3.8) is 0 Å². The average Bonchev–Trinajstić information content (AvgIpc) is 2.58. The van der Waals surface area contributed by atoms with Gasteiger partial charge in [-0.15, -0.1) is 13.2 Å². The minimum absolute atomic E-state index is 0.125. The van der Waals surface area contributed by atoms with E-state index in [0.717, 1.165) is 12.3 Å². The lowest BCUT2D eigenvalue weighted by Crippen LogP contribution is -2.23. The van der Waals surface area contributed by atoms with E-state index in [4.69, 9.17) is 0 Å². The number of nitrogens with one attached hydrogen (secondary N) is 1. The molecule has 0 radical (unpaired) electrons. The number of halogens is 3. The van der Waals surface area contributed by atoms with Crippen molar-refractivity contribution in [1.82, 2.24) is 9.78 Å². The Balaban J connectivity index is 1.83. The van der Waals surface area contributed by atoms with Gasteiger partial charge in [0.2, 0.25) is 11.3 Å². The first-order valence-electron chi connectivity index (χ1n) is 7.43. The van der Waals surface area contributed by atoms with Gasteiger partial charge < -0.3 is 10.1 Å². The summed E-state index contributed by atoms with van der Waals surface area (Å²) >= 11 is 0. The summed E-state index contributed by atoms with van der Waals surface area (Å²) in [7, 11) is 0. The Morgan fingerprint density at radius 1 is 1.12 bits per heavy atom. The molecule has 26 heavy (non-hydrogen) atoms. The molecule has 0 aliphatic heterocycles. The Kier molecular flexibility index (Phi) is 4.61. The minimum Gasteiger partial charge on any atom is -0.404 e. The maximum Gasteiger partial charge on any atom is 0.573 e. The molecule has 1 aromatic heterocycles. The van der Waals surface area contributed by atoms with Crippen LogP contribution < -0.4 is 15.5 Å². The van der Waals surface area contributed by atoms with E-state index in [1.54, 1.807) is 24.3 Å². The number of ether oxygens (including phenoxy) is 1. The van der Waals surface area contributed by atoms with Gasteiger partial charge in [-0.2, -0.15) is 5.10 Å². The Morgan fingerprint density at radius 2 is 1.81 bits per heavy atom. The topological polar surface area (TPSA) is 73.2 Å². The van der Waals surface area contributed by atoms with Crippen molar-refractivity contribution in [2.45, 2.75) is 12.9 Å². The van der Waals surface area contributed by atoms with Crippen molar-refractivity contribution in [1.29, 1.82) is 0 Å². The van der Waals surface area contributed by atoms with Crippen LogP contribution in [-0.2, 0) is 11.3 Å². The fraction of sp³-hybridized carbons (Fsp3) is 0.118. The van der Waals surface area contributed by atoms with Crippen LogP contribution >= 0.6 is 0 Å². The van der Waals surface area contributed by atoms with E-state index < -0.39 is 18.0 Å². The van der Waals surface area contributed by atoms with Gasteiger partial charge in [-0.05, 0) is 24.3 Å². The molecule has 0 spiro atoms. The number of fused-ring (bicyclic) bond motifs is 1. The van der Waals surface area contributed by atoms with Crippen molar-refractivity contribution in [2.75, 3.05) is 5.32 Å². The second-order valence-corrected chi connectivity index (χ2v) is 5.28. The van der Waals surface area contributed by atoms with Crippen LogP contribution in [0.1, 0.15) is 0 Å². The summed E-state index contributed by atoms with van der Waals surface area (Å²) < 4.78 is 42.5. The molecular weight excluding hydrogens is 351 g/mol. The normalized spacial score (nSPS) is 11.3. The summed E-state index contributed by atoms with van der Waals surface area (Å²) in [6, 6.07) is 11.8. The van der Waals surface area contributed by atoms with E-state index in [0.29, 0.717) is 10.9 Å². The van der Waals surface area contributed by atoms with Crippen LogP contribution in [0.2, 0.25) is 0 Å². The van der Waals surface area contributed by atoms with Crippen molar-refractivity contribution < 1.29 is 22.7 Å². The molecule has 9 heteroatoms. The second kappa shape index (κ2) is 6.87. The molecule has 0 fully saturated rings. The smallest absolute Gasteiger partial charge is 0.404 e. The van der Waals surface area contributed by atoms with Crippen LogP contribution in [0.15, 0.2) is 59.5 Å². The number of carbonyl (C=O) groups excluding carboxylic acids is 1. The summed E-state index contributed by atoms with van der Waals surface area (Å²) in [6.45, 7) is -0.291. The van der Waals surface area contributed by atoms with Crippen molar-refractivity contribution in [3.05, 3.63) is 65.0 Å². The molecule has 0 unspecified atom stereocenters. The highest BCUT2D eigenvalue weighted by Crippen LogP contribution is 2.29. The molecule has 3 aromatic rings. The number of nitrogens with zero attached hydrogens (tertiary/aromatic N) is 2. The monoisotopic (exact) mass is 363 g/mol. The van der Waals surface area contributed by atoms with Gasteiger partial charge >= 0.3 is 6.36 Å². The molecule has 0 saturated heterocycles. The fourth-order valence-corrected chi connectivity index (χ4v) is 2.40. The third-order valence-electron chi connectivity index (χ3n) is 3.44. The van der Waals surface area contributed by atoms with Gasteiger partial charge in [0.25, 0.3) is 0 Å². The number of alkyl halides is 3. The number of anilines is 1. The van der Waals surface area contributed by atoms with E-state index in [1.165, 1.54) is 22.9 Å². The quantitative estimate of drug-likeness (QED) is 0.774. The maximum absolute atomic E-state index is 12.4. The lowest BCUT2D eigenvalue weighted by molar-refractivity contribution is -0.274. The third kappa shape index (κ3) is 4.00. The number of rotatable bonds is 4. The van der Waals surface area contributed by atoms with E-state index in [2.05, 4.69) is 15.2 Å². The SMILES string of the molecule is O=C(Cn1ncc(=O)c2ccccc21)Nc1ccccc1OC(F)(F)F. The van der Waals surface area contributed by atoms with Gasteiger partial charge in [-0.3, -0.25) is 14.3 Å². The summed E-state index contributed by atoms with van der Waals surface area (Å²) in [5, 5.41) is 6.65. The predicted octanol–water partition coefficient (Wildman–Crippen LogP) is 2.93. The number of carbonyl (C=O) groups is 1. The van der Waals surface area contributed by atoms with Crippen LogP contribution in [-0.4, -0.2) is 22.1 Å². The third-order valence-corrected chi connectivity index (χ3v) is 3.44. The summed E-state index contributed by atoms with van der Waals surface area (Å²) in [5.74, 6) is -1.14. The largest absolute Gasteiger partial charge is 0.573 e. The van der Waals surface area contributed by atoms with Gasteiger partial charge in [-0.25, -0.2) is 0 Å². The minimum atomic E-state index is -4.88. The zero-order valence-corrected chi connectivity index (χ0v) is 13.2. The van der Waals surface area contributed by atoms with Gasteiger partial charge in [0, 0.05) is 5.39 Å². The molecule has 2 aromatic carbocycles. The highest BCUT2D eigenvalue weighted by Gasteiger charge is 2.32. The Morgan fingerprint density at radius 3 is 2.58 bits per heavy atom. The molecule has 3 rings (SSSR count). The zero-order chi connectivity index (χ0) is 18.7. The summed E-state index contributed by atoms with van der Waals surface area (Å²) in [4.78, 5) is 24.0. The van der Waals surface area contributed by atoms with Gasteiger partial charge in [0.15, 0.2) is 5.75 Å². The van der Waals surface area contributed by atoms with E-state index in [9.17, 15) is 22.8 Å². The zero-order valence-electron chi connectivity index (χ0n) is 13.2. The lowest BCUT2D eigenvalue weighted by atomic mass is 10.2. The van der Waals surface area contributed by atoms with Gasteiger partial charge in [-0.1, -0.05) is 24.3 Å². The molecule has 1 heterocycles. The first kappa shape index (κ1) is 17.5. The molecule has 1 N–H and O–H groups in total. The van der Waals surface area contributed by atoms with E-state index in [-0.39, 0.29) is 17.7 Å².